The fraction of sp³-hybridized carbons (Fsp3) is 0.571. The van der Waals surface area contributed by atoms with E-state index in [9.17, 15) is 4.39 Å². The molecule has 1 unspecified atom stereocenters. The van der Waals surface area contributed by atoms with Crippen molar-refractivity contribution in [1.29, 1.82) is 0 Å². The van der Waals surface area contributed by atoms with Gasteiger partial charge in [-0.1, -0.05) is 13.8 Å². The van der Waals surface area contributed by atoms with E-state index >= 15 is 0 Å². The number of nitrogens with one attached hydrogen (secondary N) is 1. The van der Waals surface area contributed by atoms with Crippen LogP contribution in [0.5, 0.6) is 5.75 Å². The first-order chi connectivity index (χ1) is 8.40. The minimum atomic E-state index is -0.318. The molecule has 4 heteroatoms. The fourth-order valence-electron chi connectivity index (χ4n) is 2.14. The van der Waals surface area contributed by atoms with Gasteiger partial charge < -0.3 is 15.8 Å². The van der Waals surface area contributed by atoms with Gasteiger partial charge in [-0.2, -0.15) is 0 Å². The van der Waals surface area contributed by atoms with Crippen molar-refractivity contribution in [1.82, 2.24) is 0 Å². The highest BCUT2D eigenvalue weighted by molar-refractivity contribution is 5.51. The molecular formula is C14H23FN2O. The Hall–Kier alpha value is -1.29. The smallest absolute Gasteiger partial charge is 0.146 e. The molecule has 3 N–H and O–H groups in total. The van der Waals surface area contributed by atoms with E-state index in [4.69, 9.17) is 10.5 Å². The Labute approximate surface area is 109 Å². The van der Waals surface area contributed by atoms with Gasteiger partial charge in [0.15, 0.2) is 0 Å². The van der Waals surface area contributed by atoms with Gasteiger partial charge >= 0.3 is 0 Å². The monoisotopic (exact) mass is 254 g/mol. The van der Waals surface area contributed by atoms with E-state index in [0.29, 0.717) is 23.9 Å². The second kappa shape index (κ2) is 6.05. The van der Waals surface area contributed by atoms with Crippen LogP contribution in [0.4, 0.5) is 10.1 Å². The quantitative estimate of drug-likeness (QED) is 0.820. The van der Waals surface area contributed by atoms with Gasteiger partial charge in [-0.15, -0.1) is 0 Å². The lowest BCUT2D eigenvalue weighted by Gasteiger charge is -2.32. The zero-order valence-corrected chi connectivity index (χ0v) is 11.6. The Balaban J connectivity index is 2.93. The molecule has 1 rings (SSSR count). The predicted octanol–water partition coefficient (Wildman–Crippen LogP) is 3.01. The summed E-state index contributed by atoms with van der Waals surface area (Å²) < 4.78 is 18.9. The maximum atomic E-state index is 13.8. The van der Waals surface area contributed by atoms with Gasteiger partial charge in [-0.05, 0) is 31.4 Å². The molecule has 0 fully saturated rings. The Bertz CT molecular complexity index is 395. The van der Waals surface area contributed by atoms with Crippen LogP contribution < -0.4 is 15.8 Å². The third-order valence-electron chi connectivity index (χ3n) is 2.92. The molecule has 0 aromatic heterocycles. The average molecular weight is 254 g/mol. The molecule has 18 heavy (non-hydrogen) atoms. The predicted molar refractivity (Wildman–Crippen MR) is 73.5 cm³/mol. The third-order valence-corrected chi connectivity index (χ3v) is 2.92. The number of methoxy groups -OCH3 is 1. The number of hydrogen-bond donors (Lipinski definition) is 2. The van der Waals surface area contributed by atoms with Crippen LogP contribution in [0.15, 0.2) is 18.2 Å². The summed E-state index contributed by atoms with van der Waals surface area (Å²) >= 11 is 0. The highest BCUT2D eigenvalue weighted by atomic mass is 19.1. The summed E-state index contributed by atoms with van der Waals surface area (Å²) in [5.41, 5.74) is 5.92. The van der Waals surface area contributed by atoms with Gasteiger partial charge in [0.1, 0.15) is 11.6 Å². The van der Waals surface area contributed by atoms with Crippen LogP contribution in [-0.4, -0.2) is 19.2 Å². The van der Waals surface area contributed by atoms with E-state index < -0.39 is 0 Å². The number of benzene rings is 1. The second-order valence-corrected chi connectivity index (χ2v) is 5.33. The molecule has 3 nitrogen and oxygen atoms in total. The number of anilines is 1. The first-order valence-corrected chi connectivity index (χ1v) is 6.22. The Morgan fingerprint density at radius 1 is 1.44 bits per heavy atom. The van der Waals surface area contributed by atoms with Crippen LogP contribution in [0.2, 0.25) is 0 Å². The SMILES string of the molecule is COc1ccc(F)c(NC(C)(CN)CC(C)C)c1. The standard InChI is InChI=1S/C14H23FN2O/c1-10(2)8-14(3,9-16)17-13-7-11(18-4)5-6-12(13)15/h5-7,10,17H,8-9,16H2,1-4H3. The molecule has 0 saturated heterocycles. The molecule has 0 heterocycles. The molecule has 0 saturated carbocycles. The lowest BCUT2D eigenvalue weighted by molar-refractivity contribution is 0.401. The Kier molecular flexibility index (Phi) is 4.96. The van der Waals surface area contributed by atoms with Crippen molar-refractivity contribution >= 4 is 5.69 Å². The molecule has 0 amide bonds. The maximum Gasteiger partial charge on any atom is 0.146 e. The number of halogens is 1. The van der Waals surface area contributed by atoms with Gasteiger partial charge in [0.05, 0.1) is 12.8 Å². The molecule has 0 aliphatic rings. The fourth-order valence-corrected chi connectivity index (χ4v) is 2.14. The zero-order chi connectivity index (χ0) is 13.8. The van der Waals surface area contributed by atoms with E-state index in [0.717, 1.165) is 6.42 Å². The lowest BCUT2D eigenvalue weighted by atomic mass is 9.90. The van der Waals surface area contributed by atoms with Crippen molar-refractivity contribution in [2.75, 3.05) is 19.0 Å². The van der Waals surface area contributed by atoms with Crippen molar-refractivity contribution in [3.8, 4) is 5.75 Å². The number of hydrogen-bond acceptors (Lipinski definition) is 3. The summed E-state index contributed by atoms with van der Waals surface area (Å²) in [5.74, 6) is 0.821. The Morgan fingerprint density at radius 3 is 2.61 bits per heavy atom. The first-order valence-electron chi connectivity index (χ1n) is 6.22. The molecule has 0 aliphatic carbocycles. The normalized spacial score (nSPS) is 14.4. The van der Waals surface area contributed by atoms with E-state index in [1.54, 1.807) is 19.2 Å². The molecular weight excluding hydrogens is 231 g/mol. The molecule has 1 aromatic carbocycles. The molecule has 0 spiro atoms. The second-order valence-electron chi connectivity index (χ2n) is 5.33. The summed E-state index contributed by atoms with van der Waals surface area (Å²) in [7, 11) is 1.56. The van der Waals surface area contributed by atoms with E-state index in [1.165, 1.54) is 6.07 Å². The zero-order valence-electron chi connectivity index (χ0n) is 11.6. The summed E-state index contributed by atoms with van der Waals surface area (Å²) in [6.45, 7) is 6.70. The van der Waals surface area contributed by atoms with E-state index in [-0.39, 0.29) is 11.4 Å². The van der Waals surface area contributed by atoms with Crippen LogP contribution in [0.25, 0.3) is 0 Å². The summed E-state index contributed by atoms with van der Waals surface area (Å²) in [6.07, 6.45) is 0.875. The minimum Gasteiger partial charge on any atom is -0.497 e. The van der Waals surface area contributed by atoms with E-state index in [2.05, 4.69) is 19.2 Å². The van der Waals surface area contributed by atoms with Crippen LogP contribution in [0, 0.1) is 11.7 Å². The van der Waals surface area contributed by atoms with Crippen molar-refractivity contribution < 1.29 is 9.13 Å². The molecule has 1 atom stereocenters. The number of ether oxygens (including phenoxy) is 1. The molecule has 102 valence electrons. The molecule has 1 aromatic rings. The highest BCUT2D eigenvalue weighted by Gasteiger charge is 2.24. The van der Waals surface area contributed by atoms with Crippen LogP contribution in [0.3, 0.4) is 0 Å². The van der Waals surface area contributed by atoms with Crippen LogP contribution >= 0.6 is 0 Å². The van der Waals surface area contributed by atoms with Crippen molar-refractivity contribution in [2.24, 2.45) is 11.7 Å². The minimum absolute atomic E-state index is 0.292. The van der Waals surface area contributed by atoms with Gasteiger partial charge in [0, 0.05) is 18.2 Å². The van der Waals surface area contributed by atoms with Crippen molar-refractivity contribution in [3.63, 3.8) is 0 Å². The van der Waals surface area contributed by atoms with Gasteiger partial charge in [-0.3, -0.25) is 0 Å². The highest BCUT2D eigenvalue weighted by Crippen LogP contribution is 2.26. The lowest BCUT2D eigenvalue weighted by Crippen LogP contribution is -2.43. The van der Waals surface area contributed by atoms with Crippen LogP contribution in [0.1, 0.15) is 27.2 Å². The topological polar surface area (TPSA) is 47.3 Å². The largest absolute Gasteiger partial charge is 0.497 e. The van der Waals surface area contributed by atoms with Gasteiger partial charge in [-0.25, -0.2) is 4.39 Å². The average Bonchev–Trinajstić information content (AvgIpc) is 2.31. The van der Waals surface area contributed by atoms with Crippen molar-refractivity contribution in [2.45, 2.75) is 32.7 Å². The number of rotatable bonds is 6. The summed E-state index contributed by atoms with van der Waals surface area (Å²) in [5, 5.41) is 3.20. The number of nitrogens with two attached hydrogens (primary N) is 1. The van der Waals surface area contributed by atoms with Gasteiger partial charge in [0.25, 0.3) is 0 Å². The summed E-state index contributed by atoms with van der Waals surface area (Å²) in [4.78, 5) is 0. The maximum absolute atomic E-state index is 13.8. The molecule has 0 aliphatic heterocycles. The summed E-state index contributed by atoms with van der Waals surface area (Å²) in [6, 6.07) is 4.65. The first kappa shape index (κ1) is 14.8. The Morgan fingerprint density at radius 2 is 2.11 bits per heavy atom. The van der Waals surface area contributed by atoms with E-state index in [1.807, 2.05) is 6.92 Å². The molecule has 0 radical (unpaired) electrons. The molecule has 0 bridgehead atoms. The van der Waals surface area contributed by atoms with Gasteiger partial charge in [0.2, 0.25) is 0 Å². The third kappa shape index (κ3) is 3.88. The van der Waals surface area contributed by atoms with Crippen LogP contribution in [-0.2, 0) is 0 Å². The van der Waals surface area contributed by atoms with Crippen molar-refractivity contribution in [3.05, 3.63) is 24.0 Å².